The van der Waals surface area contributed by atoms with Crippen LogP contribution in [0.5, 0.6) is 0 Å². The lowest BCUT2D eigenvalue weighted by molar-refractivity contribution is 0.296. The van der Waals surface area contributed by atoms with Crippen molar-refractivity contribution in [2.45, 2.75) is 49.5 Å². The summed E-state index contributed by atoms with van der Waals surface area (Å²) in [7, 11) is -3.45. The summed E-state index contributed by atoms with van der Waals surface area (Å²) in [5.41, 5.74) is 6.80. The fourth-order valence-electron chi connectivity index (χ4n) is 2.54. The van der Waals surface area contributed by atoms with Gasteiger partial charge >= 0.3 is 0 Å². The Morgan fingerprint density at radius 2 is 1.95 bits per heavy atom. The van der Waals surface area contributed by atoms with Crippen LogP contribution in [0.2, 0.25) is 0 Å². The van der Waals surface area contributed by atoms with Crippen LogP contribution < -0.4 is 10.5 Å². The Hall–Kier alpha value is -0.910. The third-order valence-electron chi connectivity index (χ3n) is 3.76. The summed E-state index contributed by atoms with van der Waals surface area (Å²) < 4.78 is 27.1. The van der Waals surface area contributed by atoms with Crippen molar-refractivity contribution in [2.75, 3.05) is 6.54 Å². The molecule has 0 unspecified atom stereocenters. The van der Waals surface area contributed by atoms with Gasteiger partial charge in [-0.3, -0.25) is 0 Å². The fraction of sp³-hybridized carbons (Fsp3) is 0.571. The predicted octanol–water partition coefficient (Wildman–Crippen LogP) is 1.93. The van der Waals surface area contributed by atoms with E-state index in [1.54, 1.807) is 18.2 Å². The van der Waals surface area contributed by atoms with Crippen LogP contribution in [0.25, 0.3) is 0 Å². The second kappa shape index (κ2) is 5.61. The Bertz CT molecular complexity index is 534. The first-order chi connectivity index (χ1) is 8.91. The molecule has 1 aliphatic carbocycles. The highest BCUT2D eigenvalue weighted by Crippen LogP contribution is 2.25. The Labute approximate surface area is 115 Å². The first-order valence-electron chi connectivity index (χ1n) is 6.77. The van der Waals surface area contributed by atoms with Gasteiger partial charge in [-0.05, 0) is 37.5 Å². The summed E-state index contributed by atoms with van der Waals surface area (Å²) in [5.74, 6) is 0. The number of benzene rings is 1. The fourth-order valence-corrected chi connectivity index (χ4v) is 3.78. The molecule has 0 radical (unpaired) electrons. The average molecular weight is 282 g/mol. The first-order valence-corrected chi connectivity index (χ1v) is 8.25. The molecule has 0 bridgehead atoms. The highest BCUT2D eigenvalue weighted by molar-refractivity contribution is 7.89. The number of hydrogen-bond donors (Lipinski definition) is 2. The quantitative estimate of drug-likeness (QED) is 0.886. The molecule has 0 amide bonds. The van der Waals surface area contributed by atoms with E-state index in [1.165, 1.54) is 6.42 Å². The number of nitrogens with one attached hydrogen (secondary N) is 1. The second-order valence-corrected chi connectivity index (χ2v) is 7.33. The molecule has 0 saturated heterocycles. The molecule has 19 heavy (non-hydrogen) atoms. The van der Waals surface area contributed by atoms with E-state index < -0.39 is 10.0 Å². The maximum atomic E-state index is 12.2. The van der Waals surface area contributed by atoms with Gasteiger partial charge in [-0.25, -0.2) is 13.1 Å². The van der Waals surface area contributed by atoms with Gasteiger partial charge in [0.1, 0.15) is 0 Å². The molecule has 1 aromatic rings. The molecule has 1 aliphatic rings. The van der Waals surface area contributed by atoms with E-state index in [4.69, 9.17) is 5.73 Å². The van der Waals surface area contributed by atoms with Crippen LogP contribution in [0, 0.1) is 6.92 Å². The largest absolute Gasteiger partial charge is 0.324 e. The maximum absolute atomic E-state index is 12.2. The molecule has 0 atom stereocenters. The van der Waals surface area contributed by atoms with Crippen molar-refractivity contribution < 1.29 is 8.42 Å². The summed E-state index contributed by atoms with van der Waals surface area (Å²) in [6, 6.07) is 6.92. The highest BCUT2D eigenvalue weighted by atomic mass is 32.2. The van der Waals surface area contributed by atoms with Gasteiger partial charge in [-0.2, -0.15) is 0 Å². The zero-order valence-electron chi connectivity index (χ0n) is 11.4. The van der Waals surface area contributed by atoms with Crippen molar-refractivity contribution in [3.05, 3.63) is 29.8 Å². The van der Waals surface area contributed by atoms with Crippen molar-refractivity contribution in [3.8, 4) is 0 Å². The summed E-state index contributed by atoms with van der Waals surface area (Å²) >= 11 is 0. The van der Waals surface area contributed by atoms with Crippen LogP contribution in [0.15, 0.2) is 29.2 Å². The summed E-state index contributed by atoms with van der Waals surface area (Å²) in [5, 5.41) is 0. The van der Waals surface area contributed by atoms with Gasteiger partial charge in [0, 0.05) is 12.1 Å². The van der Waals surface area contributed by atoms with Crippen LogP contribution in [0.1, 0.15) is 37.7 Å². The van der Waals surface area contributed by atoms with Crippen LogP contribution in [-0.4, -0.2) is 20.5 Å². The standard InChI is InChI=1S/C14H22N2O2S/c1-12-6-5-7-13(10-12)19(17,18)16-11-14(15)8-3-2-4-9-14/h5-7,10,16H,2-4,8-9,11,15H2,1H3. The topological polar surface area (TPSA) is 72.2 Å². The maximum Gasteiger partial charge on any atom is 0.240 e. The van der Waals surface area contributed by atoms with Gasteiger partial charge in [0.2, 0.25) is 10.0 Å². The number of hydrogen-bond acceptors (Lipinski definition) is 3. The summed E-state index contributed by atoms with van der Waals surface area (Å²) in [6.07, 6.45) is 5.15. The van der Waals surface area contributed by atoms with E-state index in [0.717, 1.165) is 31.2 Å². The van der Waals surface area contributed by atoms with Gasteiger partial charge in [-0.1, -0.05) is 31.4 Å². The number of nitrogens with two attached hydrogens (primary N) is 1. The van der Waals surface area contributed by atoms with E-state index in [-0.39, 0.29) is 5.54 Å². The summed E-state index contributed by atoms with van der Waals surface area (Å²) in [4.78, 5) is 0.312. The molecule has 0 heterocycles. The Kier molecular flexibility index (Phi) is 4.28. The van der Waals surface area contributed by atoms with Crippen molar-refractivity contribution in [3.63, 3.8) is 0 Å². The molecule has 0 spiro atoms. The van der Waals surface area contributed by atoms with Crippen LogP contribution >= 0.6 is 0 Å². The van der Waals surface area contributed by atoms with E-state index in [9.17, 15) is 8.42 Å². The third-order valence-corrected chi connectivity index (χ3v) is 5.16. The van der Waals surface area contributed by atoms with Gasteiger partial charge in [0.15, 0.2) is 0 Å². The molecule has 1 aromatic carbocycles. The first kappa shape index (κ1) is 14.5. The number of sulfonamides is 1. The zero-order chi connectivity index (χ0) is 13.9. The van der Waals surface area contributed by atoms with Gasteiger partial charge in [0.05, 0.1) is 4.90 Å². The summed E-state index contributed by atoms with van der Waals surface area (Å²) in [6.45, 7) is 2.20. The van der Waals surface area contributed by atoms with Crippen LogP contribution in [0.3, 0.4) is 0 Å². The smallest absolute Gasteiger partial charge is 0.240 e. The average Bonchev–Trinajstić information content (AvgIpc) is 2.38. The zero-order valence-corrected chi connectivity index (χ0v) is 12.2. The molecule has 3 N–H and O–H groups in total. The lowest BCUT2D eigenvalue weighted by Gasteiger charge is -2.33. The monoisotopic (exact) mass is 282 g/mol. The molecule has 5 heteroatoms. The van der Waals surface area contributed by atoms with Crippen LogP contribution in [0.4, 0.5) is 0 Å². The van der Waals surface area contributed by atoms with Crippen molar-refractivity contribution in [1.29, 1.82) is 0 Å². The minimum Gasteiger partial charge on any atom is -0.324 e. The number of aryl methyl sites for hydroxylation is 1. The molecular formula is C14H22N2O2S. The van der Waals surface area contributed by atoms with E-state index in [1.807, 2.05) is 13.0 Å². The molecule has 2 rings (SSSR count). The Morgan fingerprint density at radius 3 is 2.58 bits per heavy atom. The van der Waals surface area contributed by atoms with Gasteiger partial charge in [0.25, 0.3) is 0 Å². The third kappa shape index (κ3) is 3.78. The Morgan fingerprint density at radius 1 is 1.26 bits per heavy atom. The molecule has 0 aliphatic heterocycles. The van der Waals surface area contributed by atoms with Gasteiger partial charge < -0.3 is 5.73 Å². The van der Waals surface area contributed by atoms with Crippen molar-refractivity contribution in [1.82, 2.24) is 4.72 Å². The minimum atomic E-state index is -3.45. The molecule has 0 aromatic heterocycles. The normalized spacial score (nSPS) is 19.3. The molecule has 106 valence electrons. The van der Waals surface area contributed by atoms with Crippen molar-refractivity contribution in [2.24, 2.45) is 5.73 Å². The van der Waals surface area contributed by atoms with Crippen molar-refractivity contribution >= 4 is 10.0 Å². The molecule has 1 saturated carbocycles. The number of rotatable bonds is 4. The molecule has 4 nitrogen and oxygen atoms in total. The molecule has 1 fully saturated rings. The Balaban J connectivity index is 2.05. The highest BCUT2D eigenvalue weighted by Gasteiger charge is 2.29. The lowest BCUT2D eigenvalue weighted by Crippen LogP contribution is -2.51. The molecular weight excluding hydrogens is 260 g/mol. The minimum absolute atomic E-state index is 0.312. The van der Waals surface area contributed by atoms with E-state index in [0.29, 0.717) is 11.4 Å². The van der Waals surface area contributed by atoms with E-state index in [2.05, 4.69) is 4.72 Å². The second-order valence-electron chi connectivity index (χ2n) is 5.56. The lowest BCUT2D eigenvalue weighted by atomic mass is 9.83. The SMILES string of the molecule is Cc1cccc(S(=O)(=O)NCC2(N)CCCCC2)c1. The predicted molar refractivity (Wildman–Crippen MR) is 76.4 cm³/mol. The van der Waals surface area contributed by atoms with Gasteiger partial charge in [-0.15, -0.1) is 0 Å². The van der Waals surface area contributed by atoms with E-state index >= 15 is 0 Å². The van der Waals surface area contributed by atoms with Crippen LogP contribution in [-0.2, 0) is 10.0 Å².